The fraction of sp³-hybridized carbons (Fsp3) is 1.00. The number of nitro groups is 1. The van der Waals surface area contributed by atoms with Gasteiger partial charge in [0.05, 0.1) is 13.2 Å². The molecule has 0 fully saturated rings. The molecule has 5 nitrogen and oxygen atoms in total. The predicted molar refractivity (Wildman–Crippen MR) is 45.8 cm³/mol. The Kier molecular flexibility index (Phi) is 4.77. The van der Waals surface area contributed by atoms with Crippen LogP contribution in [-0.2, 0) is 4.74 Å². The van der Waals surface area contributed by atoms with E-state index in [9.17, 15) is 10.1 Å². The van der Waals surface area contributed by atoms with E-state index < -0.39 is 5.54 Å². The van der Waals surface area contributed by atoms with Gasteiger partial charge in [-0.25, -0.2) is 0 Å². The molecule has 0 heterocycles. The molecule has 1 N–H and O–H groups in total. The molecule has 0 saturated carbocycles. The van der Waals surface area contributed by atoms with Crippen LogP contribution >= 0.6 is 0 Å². The van der Waals surface area contributed by atoms with Gasteiger partial charge in [-0.2, -0.15) is 0 Å². The average Bonchev–Trinajstić information content (AvgIpc) is 1.98. The summed E-state index contributed by atoms with van der Waals surface area (Å²) in [6, 6.07) is 0. The van der Waals surface area contributed by atoms with Crippen LogP contribution in [0.2, 0.25) is 0 Å². The second-order valence-corrected chi connectivity index (χ2v) is 3.24. The first-order valence-electron chi connectivity index (χ1n) is 3.85. The lowest BCUT2D eigenvalue weighted by atomic mass is 10.1. The molecule has 5 heteroatoms. The highest BCUT2D eigenvalue weighted by atomic mass is 16.6. The van der Waals surface area contributed by atoms with Crippen LogP contribution in [0.4, 0.5) is 0 Å². The van der Waals surface area contributed by atoms with Crippen molar-refractivity contribution in [3.8, 4) is 0 Å². The number of hydrogen-bond acceptors (Lipinski definition) is 4. The molecule has 0 aliphatic carbocycles. The van der Waals surface area contributed by atoms with E-state index in [1.807, 2.05) is 0 Å². The Morgan fingerprint density at radius 1 is 1.58 bits per heavy atom. The van der Waals surface area contributed by atoms with Gasteiger partial charge in [0.15, 0.2) is 0 Å². The normalized spacial score (nSPS) is 11.6. The van der Waals surface area contributed by atoms with Crippen LogP contribution in [-0.4, -0.2) is 37.3 Å². The molecule has 0 saturated heterocycles. The molecule has 72 valence electrons. The van der Waals surface area contributed by atoms with E-state index in [4.69, 9.17) is 4.74 Å². The number of hydrogen-bond donors (Lipinski definition) is 1. The van der Waals surface area contributed by atoms with E-state index >= 15 is 0 Å². The highest BCUT2D eigenvalue weighted by molar-refractivity contribution is 4.69. The van der Waals surface area contributed by atoms with Gasteiger partial charge in [-0.3, -0.25) is 10.1 Å². The van der Waals surface area contributed by atoms with Crippen molar-refractivity contribution in [2.45, 2.75) is 19.4 Å². The maximum atomic E-state index is 10.4. The molecule has 0 bridgehead atoms. The first kappa shape index (κ1) is 11.3. The summed E-state index contributed by atoms with van der Waals surface area (Å²) in [4.78, 5) is 10.1. The van der Waals surface area contributed by atoms with Gasteiger partial charge in [0.25, 0.3) is 0 Å². The van der Waals surface area contributed by atoms with Crippen LogP contribution in [0.15, 0.2) is 0 Å². The first-order valence-corrected chi connectivity index (χ1v) is 3.85. The number of methoxy groups -OCH3 is 1. The standard InChI is InChI=1S/C7H16N2O3/c1-7(2,9(10)11)6-8-4-5-12-3/h8H,4-6H2,1-3H3. The molecule has 0 aliphatic heterocycles. The Bertz CT molecular complexity index is 148. The van der Waals surface area contributed by atoms with Crippen LogP contribution in [0.3, 0.4) is 0 Å². The average molecular weight is 176 g/mol. The van der Waals surface area contributed by atoms with Crippen molar-refractivity contribution in [2.24, 2.45) is 0 Å². The summed E-state index contributed by atoms with van der Waals surface area (Å²) in [5.74, 6) is 0. The zero-order chi connectivity index (χ0) is 9.61. The molecule has 12 heavy (non-hydrogen) atoms. The Morgan fingerprint density at radius 2 is 2.17 bits per heavy atom. The van der Waals surface area contributed by atoms with Crippen LogP contribution in [0, 0.1) is 10.1 Å². The number of nitrogens with one attached hydrogen (secondary N) is 1. The zero-order valence-electron chi connectivity index (χ0n) is 7.79. The molecule has 0 aromatic heterocycles. The highest BCUT2D eigenvalue weighted by Gasteiger charge is 2.29. The molecular weight excluding hydrogens is 160 g/mol. The Balaban J connectivity index is 3.54. The minimum Gasteiger partial charge on any atom is -0.383 e. The SMILES string of the molecule is COCCNCC(C)(C)[N+](=O)[O-]. The monoisotopic (exact) mass is 176 g/mol. The molecule has 0 unspecified atom stereocenters. The van der Waals surface area contributed by atoms with Gasteiger partial charge in [0.1, 0.15) is 0 Å². The summed E-state index contributed by atoms with van der Waals surface area (Å²) in [6.45, 7) is 4.77. The quantitative estimate of drug-likeness (QED) is 0.358. The number of ether oxygens (including phenoxy) is 1. The molecule has 0 spiro atoms. The Hall–Kier alpha value is -0.680. The molecule has 0 radical (unpaired) electrons. The second kappa shape index (κ2) is 5.05. The van der Waals surface area contributed by atoms with Crippen molar-refractivity contribution in [1.82, 2.24) is 5.32 Å². The van der Waals surface area contributed by atoms with Gasteiger partial charge in [-0.15, -0.1) is 0 Å². The van der Waals surface area contributed by atoms with Crippen LogP contribution in [0.5, 0.6) is 0 Å². The number of rotatable bonds is 6. The minimum absolute atomic E-state index is 0.285. The van der Waals surface area contributed by atoms with Crippen molar-refractivity contribution in [3.63, 3.8) is 0 Å². The van der Waals surface area contributed by atoms with Crippen LogP contribution in [0.1, 0.15) is 13.8 Å². The minimum atomic E-state index is -0.895. The highest BCUT2D eigenvalue weighted by Crippen LogP contribution is 2.04. The second-order valence-electron chi connectivity index (χ2n) is 3.24. The van der Waals surface area contributed by atoms with Gasteiger partial charge in [-0.1, -0.05) is 0 Å². The number of nitrogens with zero attached hydrogens (tertiary/aromatic N) is 1. The van der Waals surface area contributed by atoms with Crippen molar-refractivity contribution in [1.29, 1.82) is 0 Å². The molecule has 0 aromatic rings. The van der Waals surface area contributed by atoms with Gasteiger partial charge in [0, 0.05) is 32.4 Å². The van der Waals surface area contributed by atoms with Crippen molar-refractivity contribution >= 4 is 0 Å². The lowest BCUT2D eigenvalue weighted by Crippen LogP contribution is -2.42. The smallest absolute Gasteiger partial charge is 0.229 e. The third-order valence-electron chi connectivity index (χ3n) is 1.53. The van der Waals surface area contributed by atoms with Gasteiger partial charge in [0.2, 0.25) is 5.54 Å². The summed E-state index contributed by atoms with van der Waals surface area (Å²) in [6.07, 6.45) is 0. The fourth-order valence-corrected chi connectivity index (χ4v) is 0.633. The lowest BCUT2D eigenvalue weighted by Gasteiger charge is -2.15. The van der Waals surface area contributed by atoms with E-state index in [0.717, 1.165) is 0 Å². The third-order valence-corrected chi connectivity index (χ3v) is 1.53. The molecular formula is C7H16N2O3. The molecule has 0 aromatic carbocycles. The lowest BCUT2D eigenvalue weighted by molar-refractivity contribution is -0.558. The van der Waals surface area contributed by atoms with Crippen molar-refractivity contribution in [2.75, 3.05) is 26.8 Å². The van der Waals surface area contributed by atoms with Crippen LogP contribution < -0.4 is 5.32 Å². The predicted octanol–water partition coefficient (Wildman–Crippen LogP) is 0.278. The zero-order valence-corrected chi connectivity index (χ0v) is 7.79. The Labute approximate surface area is 72.2 Å². The van der Waals surface area contributed by atoms with E-state index in [2.05, 4.69) is 5.32 Å². The first-order chi connectivity index (χ1) is 5.50. The maximum absolute atomic E-state index is 10.4. The Morgan fingerprint density at radius 3 is 2.58 bits per heavy atom. The molecule has 0 rings (SSSR count). The summed E-state index contributed by atoms with van der Waals surface area (Å²) >= 11 is 0. The maximum Gasteiger partial charge on any atom is 0.229 e. The summed E-state index contributed by atoms with van der Waals surface area (Å²) < 4.78 is 4.78. The molecule has 0 atom stereocenters. The van der Waals surface area contributed by atoms with Gasteiger partial charge in [-0.05, 0) is 0 Å². The van der Waals surface area contributed by atoms with E-state index in [1.54, 1.807) is 21.0 Å². The van der Waals surface area contributed by atoms with E-state index in [0.29, 0.717) is 19.7 Å². The van der Waals surface area contributed by atoms with Gasteiger partial charge < -0.3 is 10.1 Å². The third kappa shape index (κ3) is 4.25. The summed E-state index contributed by atoms with van der Waals surface area (Å²) in [5, 5.41) is 13.4. The van der Waals surface area contributed by atoms with Gasteiger partial charge >= 0.3 is 0 Å². The van der Waals surface area contributed by atoms with Crippen molar-refractivity contribution in [3.05, 3.63) is 10.1 Å². The van der Waals surface area contributed by atoms with E-state index in [-0.39, 0.29) is 4.92 Å². The van der Waals surface area contributed by atoms with Crippen molar-refractivity contribution < 1.29 is 9.66 Å². The largest absolute Gasteiger partial charge is 0.383 e. The summed E-state index contributed by atoms with van der Waals surface area (Å²) in [5.41, 5.74) is -0.895. The fourth-order valence-electron chi connectivity index (χ4n) is 0.633. The molecule has 0 amide bonds. The van der Waals surface area contributed by atoms with Crippen LogP contribution in [0.25, 0.3) is 0 Å². The topological polar surface area (TPSA) is 64.4 Å². The molecule has 0 aliphatic rings. The summed E-state index contributed by atoms with van der Waals surface area (Å²) in [7, 11) is 1.60. The van der Waals surface area contributed by atoms with E-state index in [1.165, 1.54) is 0 Å².